The number of likely N-dealkylation sites (N-methyl/N-ethyl adjacent to an activating group) is 1. The molecule has 2 atom stereocenters. The molecule has 0 unspecified atom stereocenters. The summed E-state index contributed by atoms with van der Waals surface area (Å²) in [6, 6.07) is 3.89. The van der Waals surface area contributed by atoms with E-state index in [4.69, 9.17) is 29.7 Å². The summed E-state index contributed by atoms with van der Waals surface area (Å²) in [6.45, 7) is 2.64. The number of rotatable bonds is 4. The van der Waals surface area contributed by atoms with Crippen LogP contribution in [0.5, 0.6) is 11.5 Å². The molecule has 152 valence electrons. The summed E-state index contributed by atoms with van der Waals surface area (Å²) in [5.74, 6) is 2.18. The van der Waals surface area contributed by atoms with Gasteiger partial charge in [-0.05, 0) is 20.2 Å². The Morgan fingerprint density at radius 2 is 1.64 bits per heavy atom. The Labute approximate surface area is 164 Å². The minimum atomic E-state index is -0.00382. The molecule has 3 heterocycles. The Morgan fingerprint density at radius 3 is 2.21 bits per heavy atom. The predicted molar refractivity (Wildman–Crippen MR) is 106 cm³/mol. The van der Waals surface area contributed by atoms with Crippen molar-refractivity contribution in [3.63, 3.8) is 0 Å². The minimum absolute atomic E-state index is 0.00382. The van der Waals surface area contributed by atoms with Gasteiger partial charge in [-0.1, -0.05) is 0 Å². The zero-order chi connectivity index (χ0) is 19.8. The van der Waals surface area contributed by atoms with Gasteiger partial charge in [0.2, 0.25) is 5.95 Å². The van der Waals surface area contributed by atoms with Gasteiger partial charge in [0.05, 0.1) is 39.0 Å². The fraction of sp³-hybridized carbons (Fsp3) is 0.579. The SMILES string of the molecule is COc1cc2nc(N3C[C@@H]4OCC(N(C)C)CO[C@H]4C3)nc(N)c2cc1OC. The molecule has 0 radical (unpaired) electrons. The third-order valence-electron chi connectivity index (χ3n) is 5.45. The highest BCUT2D eigenvalue weighted by molar-refractivity contribution is 5.91. The lowest BCUT2D eigenvalue weighted by Crippen LogP contribution is -2.36. The number of nitrogens with zero attached hydrogens (tertiary/aromatic N) is 4. The molecule has 2 fully saturated rings. The minimum Gasteiger partial charge on any atom is -0.493 e. The lowest BCUT2D eigenvalue weighted by Gasteiger charge is -2.23. The molecule has 2 aliphatic rings. The van der Waals surface area contributed by atoms with E-state index in [-0.39, 0.29) is 18.2 Å². The molecule has 2 N–H and O–H groups in total. The molecule has 1 aromatic heterocycles. The average molecular weight is 389 g/mol. The first-order chi connectivity index (χ1) is 13.5. The van der Waals surface area contributed by atoms with Crippen molar-refractivity contribution in [2.24, 2.45) is 0 Å². The molecule has 9 heteroatoms. The van der Waals surface area contributed by atoms with Crippen molar-refractivity contribution in [1.82, 2.24) is 14.9 Å². The number of nitrogen functional groups attached to an aromatic ring is 1. The maximum absolute atomic E-state index is 6.22. The molecule has 0 saturated carbocycles. The van der Waals surface area contributed by atoms with Crippen LogP contribution in [0.15, 0.2) is 12.1 Å². The average Bonchev–Trinajstić information content (AvgIpc) is 2.99. The van der Waals surface area contributed by atoms with Gasteiger partial charge in [0, 0.05) is 24.5 Å². The fourth-order valence-electron chi connectivity index (χ4n) is 3.65. The second-order valence-corrected chi connectivity index (χ2v) is 7.40. The molecule has 2 saturated heterocycles. The Bertz CT molecular complexity index is 846. The van der Waals surface area contributed by atoms with Crippen molar-refractivity contribution in [2.75, 3.05) is 65.3 Å². The normalized spacial score (nSPS) is 23.1. The van der Waals surface area contributed by atoms with Gasteiger partial charge in [0.25, 0.3) is 0 Å². The van der Waals surface area contributed by atoms with Crippen LogP contribution in [0.3, 0.4) is 0 Å². The van der Waals surface area contributed by atoms with E-state index in [1.165, 1.54) is 0 Å². The highest BCUT2D eigenvalue weighted by atomic mass is 16.6. The number of methoxy groups -OCH3 is 2. The predicted octanol–water partition coefficient (Wildman–Crippen LogP) is 0.763. The van der Waals surface area contributed by atoms with E-state index in [2.05, 4.69) is 14.8 Å². The summed E-state index contributed by atoms with van der Waals surface area (Å²) in [7, 11) is 7.27. The molecule has 9 nitrogen and oxygen atoms in total. The van der Waals surface area contributed by atoms with Crippen LogP contribution in [-0.2, 0) is 9.47 Å². The van der Waals surface area contributed by atoms with Crippen LogP contribution < -0.4 is 20.1 Å². The van der Waals surface area contributed by atoms with Crippen LogP contribution in [0.4, 0.5) is 11.8 Å². The fourth-order valence-corrected chi connectivity index (χ4v) is 3.65. The Hall–Kier alpha value is -2.36. The van der Waals surface area contributed by atoms with E-state index in [1.54, 1.807) is 20.3 Å². The van der Waals surface area contributed by atoms with Crippen LogP contribution >= 0.6 is 0 Å². The number of hydrogen-bond donors (Lipinski definition) is 1. The quantitative estimate of drug-likeness (QED) is 0.813. The maximum Gasteiger partial charge on any atom is 0.228 e. The molecule has 0 spiro atoms. The summed E-state index contributed by atoms with van der Waals surface area (Å²) in [5.41, 5.74) is 6.93. The van der Waals surface area contributed by atoms with E-state index in [0.717, 1.165) is 5.39 Å². The number of anilines is 2. The second-order valence-electron chi connectivity index (χ2n) is 7.40. The monoisotopic (exact) mass is 389 g/mol. The van der Waals surface area contributed by atoms with Crippen molar-refractivity contribution < 1.29 is 18.9 Å². The van der Waals surface area contributed by atoms with E-state index >= 15 is 0 Å². The molecular weight excluding hydrogens is 362 g/mol. The van der Waals surface area contributed by atoms with Gasteiger partial charge < -0.3 is 34.5 Å². The van der Waals surface area contributed by atoms with Gasteiger partial charge in [-0.15, -0.1) is 0 Å². The van der Waals surface area contributed by atoms with Crippen molar-refractivity contribution in [3.05, 3.63) is 12.1 Å². The van der Waals surface area contributed by atoms with Crippen molar-refractivity contribution in [3.8, 4) is 11.5 Å². The molecule has 0 amide bonds. The Kier molecular flexibility index (Phi) is 5.13. The highest BCUT2D eigenvalue weighted by Gasteiger charge is 2.39. The summed E-state index contributed by atoms with van der Waals surface area (Å²) in [6.07, 6.45) is -0.00764. The van der Waals surface area contributed by atoms with E-state index in [0.29, 0.717) is 55.1 Å². The third-order valence-corrected chi connectivity index (χ3v) is 5.45. The molecule has 1 aromatic carbocycles. The molecule has 0 aliphatic carbocycles. The maximum atomic E-state index is 6.22. The van der Waals surface area contributed by atoms with Crippen LogP contribution in [0, 0.1) is 0 Å². The highest BCUT2D eigenvalue weighted by Crippen LogP contribution is 2.34. The van der Waals surface area contributed by atoms with Crippen LogP contribution in [0.1, 0.15) is 0 Å². The molecule has 2 aromatic rings. The van der Waals surface area contributed by atoms with Crippen LogP contribution in [-0.4, -0.2) is 87.7 Å². The molecule has 0 bridgehead atoms. The number of aromatic nitrogens is 2. The number of fused-ring (bicyclic) bond motifs is 2. The molecule has 2 aliphatic heterocycles. The summed E-state index contributed by atoms with van der Waals surface area (Å²) in [5, 5.41) is 0.733. The van der Waals surface area contributed by atoms with Crippen molar-refractivity contribution in [2.45, 2.75) is 18.2 Å². The number of nitrogens with two attached hydrogens (primary N) is 1. The van der Waals surface area contributed by atoms with Crippen LogP contribution in [0.2, 0.25) is 0 Å². The summed E-state index contributed by atoms with van der Waals surface area (Å²) < 4.78 is 22.9. The van der Waals surface area contributed by atoms with E-state index in [1.807, 2.05) is 20.2 Å². The van der Waals surface area contributed by atoms with Gasteiger partial charge in [-0.25, -0.2) is 4.98 Å². The van der Waals surface area contributed by atoms with Crippen molar-refractivity contribution >= 4 is 22.7 Å². The number of ether oxygens (including phenoxy) is 4. The first-order valence-electron chi connectivity index (χ1n) is 9.34. The summed E-state index contributed by atoms with van der Waals surface area (Å²) in [4.78, 5) is 13.4. The second kappa shape index (κ2) is 7.57. The molecule has 4 rings (SSSR count). The topological polar surface area (TPSA) is 95.2 Å². The smallest absolute Gasteiger partial charge is 0.228 e. The largest absolute Gasteiger partial charge is 0.493 e. The van der Waals surface area contributed by atoms with Gasteiger partial charge in [0.15, 0.2) is 11.5 Å². The Morgan fingerprint density at radius 1 is 1.04 bits per heavy atom. The Balaban J connectivity index is 1.59. The van der Waals surface area contributed by atoms with Gasteiger partial charge in [-0.2, -0.15) is 4.98 Å². The molecular formula is C19H27N5O4. The van der Waals surface area contributed by atoms with E-state index in [9.17, 15) is 0 Å². The third kappa shape index (κ3) is 3.41. The first kappa shape index (κ1) is 19.0. The first-order valence-corrected chi connectivity index (χ1v) is 9.34. The number of hydrogen-bond acceptors (Lipinski definition) is 9. The zero-order valence-electron chi connectivity index (χ0n) is 16.7. The lowest BCUT2D eigenvalue weighted by molar-refractivity contribution is -0.00461. The number of benzene rings is 1. The summed E-state index contributed by atoms with van der Waals surface area (Å²) >= 11 is 0. The van der Waals surface area contributed by atoms with Gasteiger partial charge in [-0.3, -0.25) is 0 Å². The van der Waals surface area contributed by atoms with E-state index < -0.39 is 0 Å². The zero-order valence-corrected chi connectivity index (χ0v) is 16.7. The van der Waals surface area contributed by atoms with Crippen LogP contribution in [0.25, 0.3) is 10.9 Å². The lowest BCUT2D eigenvalue weighted by atomic mass is 10.2. The molecule has 28 heavy (non-hydrogen) atoms. The van der Waals surface area contributed by atoms with Gasteiger partial charge in [0.1, 0.15) is 18.0 Å². The van der Waals surface area contributed by atoms with Crippen molar-refractivity contribution in [1.29, 1.82) is 0 Å². The standard InChI is InChI=1S/C19H27N5O4/c1-23(2)11-9-27-16-7-24(8-17(16)28-10-11)19-21-13-6-15(26-4)14(25-3)5-12(13)18(20)22-19/h5-6,11,16-17H,7-10H2,1-4H3,(H2,20,21,22)/t16-,17-/m0/s1. The van der Waals surface area contributed by atoms with Gasteiger partial charge >= 0.3 is 0 Å².